The number of ether oxygens (including phenoxy) is 2. The smallest absolute Gasteiger partial charge is 0.464 e. The minimum absolute atomic E-state index is 0.0581. The van der Waals surface area contributed by atoms with Gasteiger partial charge in [-0.3, -0.25) is 9.36 Å². The molecule has 1 aliphatic heterocycles. The predicted octanol–water partition coefficient (Wildman–Crippen LogP) is 7.94. The monoisotopic (exact) mass is 1020 g/mol. The highest BCUT2D eigenvalue weighted by Gasteiger charge is 2.52. The van der Waals surface area contributed by atoms with Crippen LogP contribution in [-0.2, 0) is 32.9 Å². The number of carbonyl (C=O) groups excluding carboxylic acids is 2. The van der Waals surface area contributed by atoms with E-state index in [9.17, 15) is 18.4 Å². The van der Waals surface area contributed by atoms with Crippen molar-refractivity contribution in [2.75, 3.05) is 14.2 Å². The first-order valence-electron chi connectivity index (χ1n) is 19.1. The van der Waals surface area contributed by atoms with Crippen molar-refractivity contribution >= 4 is 79.3 Å². The van der Waals surface area contributed by atoms with Gasteiger partial charge in [-0.1, -0.05) is 43.5 Å². The summed E-state index contributed by atoms with van der Waals surface area (Å²) in [5.41, 5.74) is 4.05. The second-order valence-corrected chi connectivity index (χ2v) is 17.5. The summed E-state index contributed by atoms with van der Waals surface area (Å²) in [4.78, 5) is 32.0. The number of hydrogen-bond acceptors (Lipinski definition) is 12. The van der Waals surface area contributed by atoms with Gasteiger partial charge in [0.2, 0.25) is 0 Å². The summed E-state index contributed by atoms with van der Waals surface area (Å²) in [6, 6.07) is 15.5. The van der Waals surface area contributed by atoms with Crippen LogP contribution < -0.4 is 5.46 Å². The Morgan fingerprint density at radius 3 is 1.66 bits per heavy atom. The topological polar surface area (TPSA) is 167 Å². The summed E-state index contributed by atoms with van der Waals surface area (Å²) in [7, 11) is 5.91. The van der Waals surface area contributed by atoms with Crippen molar-refractivity contribution < 1.29 is 37.2 Å². The Balaban J connectivity index is 0.000000150. The molecule has 0 amide bonds. The van der Waals surface area contributed by atoms with Gasteiger partial charge in [0.15, 0.2) is 22.7 Å². The molecular formula is C42H38BBr2ClF2N10O6. The van der Waals surface area contributed by atoms with Crippen LogP contribution in [-0.4, -0.2) is 93.2 Å². The van der Waals surface area contributed by atoms with E-state index in [-0.39, 0.29) is 34.9 Å². The molecule has 7 heterocycles. The minimum Gasteiger partial charge on any atom is -0.464 e. The third-order valence-corrected chi connectivity index (χ3v) is 11.5. The number of carbonyl (C=O) groups is 2. The van der Waals surface area contributed by atoms with Crippen LogP contribution in [0, 0.1) is 11.6 Å². The fourth-order valence-corrected chi connectivity index (χ4v) is 7.18. The molecule has 1 aliphatic rings. The summed E-state index contributed by atoms with van der Waals surface area (Å²) in [5, 5.41) is 17.2. The fourth-order valence-electron chi connectivity index (χ4n) is 6.29. The zero-order valence-electron chi connectivity index (χ0n) is 35.5. The SMILES string of the molecule is COC(=O)c1cc(-c2cnn(C)c2)n2nc(-c3ccc(Br)cc3F)cc2n1.COC(=O)c1cc(Cl)n2nc(-c3ccc(Br)cc3F)cc2n1.Cn1cc(B2OC(C)(C)C(C)(C)O2)cn1. The molecule has 1 saturated heterocycles. The van der Waals surface area contributed by atoms with E-state index in [4.69, 9.17) is 25.6 Å². The second-order valence-electron chi connectivity index (χ2n) is 15.3. The molecule has 22 heteroatoms. The fraction of sp³-hybridized carbons (Fsp3) is 0.238. The number of fused-ring (bicyclic) bond motifs is 2. The molecule has 64 heavy (non-hydrogen) atoms. The van der Waals surface area contributed by atoms with E-state index in [2.05, 4.69) is 67.0 Å². The van der Waals surface area contributed by atoms with Gasteiger partial charge in [0.05, 0.1) is 48.7 Å². The van der Waals surface area contributed by atoms with Gasteiger partial charge in [0, 0.05) is 82.0 Å². The maximum atomic E-state index is 14.4. The number of halogens is 5. The van der Waals surface area contributed by atoms with Crippen LogP contribution in [0.2, 0.25) is 5.15 Å². The number of rotatable bonds is 6. The van der Waals surface area contributed by atoms with Crippen LogP contribution in [0.15, 0.2) is 94.4 Å². The van der Waals surface area contributed by atoms with Gasteiger partial charge in [0.25, 0.3) is 0 Å². The zero-order valence-corrected chi connectivity index (χ0v) is 39.4. The van der Waals surface area contributed by atoms with Crippen LogP contribution in [0.1, 0.15) is 48.7 Å². The van der Waals surface area contributed by atoms with Crippen LogP contribution in [0.25, 0.3) is 45.1 Å². The molecule has 6 aromatic heterocycles. The molecule has 0 aliphatic carbocycles. The van der Waals surface area contributed by atoms with Crippen LogP contribution in [0.5, 0.6) is 0 Å². The number of esters is 2. The summed E-state index contributed by atoms with van der Waals surface area (Å²) in [6.07, 6.45) is 7.14. The molecule has 16 nitrogen and oxygen atoms in total. The average molecular weight is 1020 g/mol. The number of benzene rings is 2. The molecule has 0 spiro atoms. The normalized spacial score (nSPS) is 13.9. The highest BCUT2D eigenvalue weighted by atomic mass is 79.9. The summed E-state index contributed by atoms with van der Waals surface area (Å²) >= 11 is 12.5. The van der Waals surface area contributed by atoms with Crippen molar-refractivity contribution in [3.8, 4) is 33.8 Å². The van der Waals surface area contributed by atoms with E-state index in [0.717, 1.165) is 11.0 Å². The van der Waals surface area contributed by atoms with Gasteiger partial charge in [-0.2, -0.15) is 20.4 Å². The van der Waals surface area contributed by atoms with E-state index in [1.165, 1.54) is 36.9 Å². The van der Waals surface area contributed by atoms with E-state index in [1.807, 2.05) is 40.9 Å². The van der Waals surface area contributed by atoms with Gasteiger partial charge in [-0.15, -0.1) is 0 Å². The molecule has 0 unspecified atom stereocenters. The lowest BCUT2D eigenvalue weighted by molar-refractivity contribution is 0.00578. The largest absolute Gasteiger partial charge is 0.498 e. The maximum absolute atomic E-state index is 14.4. The molecule has 2 aromatic carbocycles. The third kappa shape index (κ3) is 9.63. The lowest BCUT2D eigenvalue weighted by atomic mass is 9.82. The molecule has 0 N–H and O–H groups in total. The molecule has 0 bridgehead atoms. The van der Waals surface area contributed by atoms with E-state index < -0.39 is 23.6 Å². The first-order chi connectivity index (χ1) is 30.3. The Morgan fingerprint density at radius 1 is 0.703 bits per heavy atom. The van der Waals surface area contributed by atoms with E-state index >= 15 is 0 Å². The number of aromatic nitrogens is 10. The molecular weight excluding hydrogens is 985 g/mol. The Hall–Kier alpha value is -5.87. The lowest BCUT2D eigenvalue weighted by Crippen LogP contribution is -2.41. The maximum Gasteiger partial charge on any atom is 0.498 e. The highest BCUT2D eigenvalue weighted by Crippen LogP contribution is 2.36. The number of hydrogen-bond donors (Lipinski definition) is 0. The van der Waals surface area contributed by atoms with Gasteiger partial charge in [-0.05, 0) is 70.2 Å². The first-order valence-corrected chi connectivity index (χ1v) is 21.1. The Labute approximate surface area is 386 Å². The number of nitrogens with zero attached hydrogens (tertiary/aromatic N) is 10. The van der Waals surface area contributed by atoms with Crippen molar-refractivity contribution in [2.24, 2.45) is 14.1 Å². The lowest BCUT2D eigenvalue weighted by Gasteiger charge is -2.32. The van der Waals surface area contributed by atoms with Crippen LogP contribution in [0.4, 0.5) is 8.78 Å². The predicted molar refractivity (Wildman–Crippen MR) is 241 cm³/mol. The second kappa shape index (κ2) is 18.3. The van der Waals surface area contributed by atoms with Crippen molar-refractivity contribution in [2.45, 2.75) is 38.9 Å². The van der Waals surface area contributed by atoms with E-state index in [0.29, 0.717) is 48.4 Å². The quantitative estimate of drug-likeness (QED) is 0.0898. The van der Waals surface area contributed by atoms with Gasteiger partial charge in [-0.25, -0.2) is 37.4 Å². The average Bonchev–Trinajstić information content (AvgIpc) is 4.08. The van der Waals surface area contributed by atoms with E-state index in [1.54, 1.807) is 82.0 Å². The molecule has 0 saturated carbocycles. The standard InChI is InChI=1S/C18H13BrFN5O2.C14H8BrClFN3O2.C10H17BN2O2/c1-24-9-10(8-21-24)16-6-15(18(26)27-2)22-17-7-14(23-25(16)17)12-4-3-11(19)5-13(12)20;1-22-14(21)11-5-12(16)20-13(18-11)6-10(19-20)8-3-2-7(15)4-9(8)17;1-9(2)10(3,4)15-11(14-9)8-6-12-13(5)7-8/h3-9H,1-2H3;2-6H,1H3;6-7H,1-5H3. The Bertz CT molecular complexity index is 3050. The van der Waals surface area contributed by atoms with Crippen molar-refractivity contribution in [1.82, 2.24) is 48.8 Å². The highest BCUT2D eigenvalue weighted by molar-refractivity contribution is 9.10. The third-order valence-electron chi connectivity index (χ3n) is 10.3. The summed E-state index contributed by atoms with van der Waals surface area (Å²) in [6.45, 7) is 8.18. The van der Waals surface area contributed by atoms with Crippen molar-refractivity contribution in [3.05, 3.63) is 123 Å². The van der Waals surface area contributed by atoms with Crippen molar-refractivity contribution in [1.29, 1.82) is 0 Å². The van der Waals surface area contributed by atoms with Gasteiger partial charge < -0.3 is 18.8 Å². The van der Waals surface area contributed by atoms with Crippen molar-refractivity contribution in [3.63, 3.8) is 0 Å². The molecule has 0 atom stereocenters. The first kappa shape index (κ1) is 46.1. The summed E-state index contributed by atoms with van der Waals surface area (Å²) < 4.78 is 57.1. The van der Waals surface area contributed by atoms with Gasteiger partial charge >= 0.3 is 19.1 Å². The Kier molecular flexibility index (Phi) is 13.2. The molecule has 9 rings (SSSR count). The van der Waals surface area contributed by atoms with Crippen LogP contribution in [0.3, 0.4) is 0 Å². The number of aryl methyl sites for hydroxylation is 2. The van der Waals surface area contributed by atoms with Crippen LogP contribution >= 0.6 is 43.5 Å². The summed E-state index contributed by atoms with van der Waals surface area (Å²) in [5.74, 6) is -2.02. The molecule has 330 valence electrons. The molecule has 0 radical (unpaired) electrons. The van der Waals surface area contributed by atoms with Gasteiger partial charge in [0.1, 0.15) is 16.8 Å². The number of methoxy groups -OCH3 is 2. The Morgan fingerprint density at radius 2 is 1.19 bits per heavy atom. The zero-order chi connectivity index (χ0) is 46.2. The minimum atomic E-state index is -0.609. The molecule has 8 aromatic rings. The molecule has 1 fully saturated rings.